The molecule has 0 aromatic heterocycles. The van der Waals surface area contributed by atoms with E-state index in [1.54, 1.807) is 13.0 Å². The van der Waals surface area contributed by atoms with Crippen molar-refractivity contribution in [2.45, 2.75) is 44.8 Å². The zero-order chi connectivity index (χ0) is 16.2. The molecule has 3 atom stereocenters. The Labute approximate surface area is 122 Å². The van der Waals surface area contributed by atoms with Crippen LogP contribution in [0.4, 0.5) is 13.2 Å². The summed E-state index contributed by atoms with van der Waals surface area (Å²) in [6.07, 6.45) is -3.70. The summed E-state index contributed by atoms with van der Waals surface area (Å²) in [6, 6.07) is 4.35. The maximum atomic E-state index is 13.0. The van der Waals surface area contributed by atoms with E-state index >= 15 is 0 Å². The Balaban J connectivity index is 3.06. The molecule has 0 heterocycles. The summed E-state index contributed by atoms with van der Waals surface area (Å²) in [5.41, 5.74) is 5.03. The smallest absolute Gasteiger partial charge is 0.416 e. The lowest BCUT2D eigenvalue weighted by molar-refractivity contribution is -0.140. The van der Waals surface area contributed by atoms with Gasteiger partial charge in [-0.25, -0.2) is 0 Å². The molecule has 0 aliphatic rings. The lowest BCUT2D eigenvalue weighted by Gasteiger charge is -2.27. The summed E-state index contributed by atoms with van der Waals surface area (Å²) in [6.45, 7) is 3.51. The zero-order valence-electron chi connectivity index (χ0n) is 12.0. The predicted octanol–water partition coefficient (Wildman–Crippen LogP) is 3.64. The number of nitrogens with two attached hydrogens (primary N) is 1. The SMILES string of the molecule is CCC(CC(N)C(=O)O)C(C)c1ccccc1C(F)(F)F. The first-order valence-corrected chi connectivity index (χ1v) is 6.83. The van der Waals surface area contributed by atoms with E-state index in [1.165, 1.54) is 12.1 Å². The largest absolute Gasteiger partial charge is 0.480 e. The van der Waals surface area contributed by atoms with Gasteiger partial charge < -0.3 is 10.8 Å². The number of carbonyl (C=O) groups is 1. The van der Waals surface area contributed by atoms with E-state index in [4.69, 9.17) is 10.8 Å². The Morgan fingerprint density at radius 2 is 1.90 bits per heavy atom. The highest BCUT2D eigenvalue weighted by Gasteiger charge is 2.35. The molecule has 0 spiro atoms. The Kier molecular flexibility index (Phi) is 5.78. The summed E-state index contributed by atoms with van der Waals surface area (Å²) in [5, 5.41) is 8.86. The molecule has 3 unspecified atom stereocenters. The third kappa shape index (κ3) is 4.46. The quantitative estimate of drug-likeness (QED) is 0.843. The molecule has 21 heavy (non-hydrogen) atoms. The molecule has 3 N–H and O–H groups in total. The number of aliphatic carboxylic acids is 1. The van der Waals surface area contributed by atoms with E-state index in [0.29, 0.717) is 6.42 Å². The van der Waals surface area contributed by atoms with Crippen LogP contribution in [0, 0.1) is 5.92 Å². The van der Waals surface area contributed by atoms with E-state index in [0.717, 1.165) is 6.07 Å². The molecule has 0 saturated carbocycles. The highest BCUT2D eigenvalue weighted by molar-refractivity contribution is 5.73. The summed E-state index contributed by atoms with van der Waals surface area (Å²) >= 11 is 0. The van der Waals surface area contributed by atoms with Crippen LogP contribution in [0.25, 0.3) is 0 Å². The van der Waals surface area contributed by atoms with Crippen LogP contribution in [0.15, 0.2) is 24.3 Å². The molecule has 0 bridgehead atoms. The maximum Gasteiger partial charge on any atom is 0.416 e. The van der Waals surface area contributed by atoms with Gasteiger partial charge in [0.15, 0.2) is 0 Å². The highest BCUT2D eigenvalue weighted by Crippen LogP contribution is 2.39. The molecule has 0 saturated heterocycles. The van der Waals surface area contributed by atoms with Gasteiger partial charge in [0.1, 0.15) is 6.04 Å². The number of hydrogen-bond donors (Lipinski definition) is 2. The fourth-order valence-corrected chi connectivity index (χ4v) is 2.56. The number of hydrogen-bond acceptors (Lipinski definition) is 2. The molecule has 1 aromatic carbocycles. The average Bonchev–Trinajstić information content (AvgIpc) is 2.42. The molecular formula is C15H20F3NO2. The van der Waals surface area contributed by atoms with Crippen molar-refractivity contribution in [3.8, 4) is 0 Å². The normalized spacial score (nSPS) is 16.3. The second-order valence-corrected chi connectivity index (χ2v) is 5.22. The minimum atomic E-state index is -4.42. The molecule has 0 aliphatic heterocycles. The highest BCUT2D eigenvalue weighted by atomic mass is 19.4. The second-order valence-electron chi connectivity index (χ2n) is 5.22. The van der Waals surface area contributed by atoms with Gasteiger partial charge in [0, 0.05) is 0 Å². The van der Waals surface area contributed by atoms with Crippen LogP contribution in [0.1, 0.15) is 43.7 Å². The lowest BCUT2D eigenvalue weighted by atomic mass is 9.80. The van der Waals surface area contributed by atoms with Crippen molar-refractivity contribution in [1.82, 2.24) is 0 Å². The van der Waals surface area contributed by atoms with Gasteiger partial charge in [-0.15, -0.1) is 0 Å². The molecule has 0 radical (unpaired) electrons. The molecule has 0 aliphatic carbocycles. The Morgan fingerprint density at radius 1 is 1.33 bits per heavy atom. The van der Waals surface area contributed by atoms with Crippen molar-refractivity contribution in [2.75, 3.05) is 0 Å². The first-order chi connectivity index (χ1) is 9.68. The zero-order valence-corrected chi connectivity index (χ0v) is 12.0. The van der Waals surface area contributed by atoms with Gasteiger partial charge in [-0.1, -0.05) is 38.5 Å². The molecule has 0 fully saturated rings. The maximum absolute atomic E-state index is 13.0. The van der Waals surface area contributed by atoms with Gasteiger partial charge in [-0.2, -0.15) is 13.2 Å². The number of benzene rings is 1. The van der Waals surface area contributed by atoms with Crippen LogP contribution in [-0.2, 0) is 11.0 Å². The van der Waals surface area contributed by atoms with Crippen molar-refractivity contribution < 1.29 is 23.1 Å². The fraction of sp³-hybridized carbons (Fsp3) is 0.533. The minimum Gasteiger partial charge on any atom is -0.480 e. The van der Waals surface area contributed by atoms with Gasteiger partial charge in [0.05, 0.1) is 5.56 Å². The molecule has 1 aromatic rings. The number of alkyl halides is 3. The predicted molar refractivity (Wildman–Crippen MR) is 73.9 cm³/mol. The van der Waals surface area contributed by atoms with Gasteiger partial charge in [0.25, 0.3) is 0 Å². The molecule has 0 amide bonds. The molecule has 1 rings (SSSR count). The molecular weight excluding hydrogens is 283 g/mol. The van der Waals surface area contributed by atoms with Crippen LogP contribution >= 0.6 is 0 Å². The first-order valence-electron chi connectivity index (χ1n) is 6.83. The Hall–Kier alpha value is -1.56. The summed E-state index contributed by atoms with van der Waals surface area (Å²) in [7, 11) is 0. The average molecular weight is 303 g/mol. The molecule has 6 heteroatoms. The van der Waals surface area contributed by atoms with Crippen LogP contribution in [0.2, 0.25) is 0 Å². The monoisotopic (exact) mass is 303 g/mol. The van der Waals surface area contributed by atoms with E-state index in [2.05, 4.69) is 0 Å². The Morgan fingerprint density at radius 3 is 2.38 bits per heavy atom. The summed E-state index contributed by atoms with van der Waals surface area (Å²) < 4.78 is 39.1. The third-order valence-electron chi connectivity index (χ3n) is 3.86. The van der Waals surface area contributed by atoms with Crippen molar-refractivity contribution in [1.29, 1.82) is 0 Å². The van der Waals surface area contributed by atoms with Crippen molar-refractivity contribution >= 4 is 5.97 Å². The fourth-order valence-electron chi connectivity index (χ4n) is 2.56. The van der Waals surface area contributed by atoms with E-state index in [9.17, 15) is 18.0 Å². The third-order valence-corrected chi connectivity index (χ3v) is 3.86. The van der Waals surface area contributed by atoms with Crippen molar-refractivity contribution in [3.05, 3.63) is 35.4 Å². The number of rotatable bonds is 6. The summed E-state index contributed by atoms with van der Waals surface area (Å²) in [4.78, 5) is 10.8. The minimum absolute atomic E-state index is 0.152. The van der Waals surface area contributed by atoms with E-state index in [1.807, 2.05) is 6.92 Å². The number of carboxylic acid groups (broad SMARTS) is 1. The van der Waals surface area contributed by atoms with Crippen LogP contribution in [0.5, 0.6) is 0 Å². The first kappa shape index (κ1) is 17.5. The standard InChI is InChI=1S/C15H20F3NO2/c1-3-10(8-13(19)14(20)21)9(2)11-6-4-5-7-12(11)15(16,17)18/h4-7,9-10,13H,3,8,19H2,1-2H3,(H,20,21). The lowest BCUT2D eigenvalue weighted by Crippen LogP contribution is -2.33. The van der Waals surface area contributed by atoms with Gasteiger partial charge in [-0.05, 0) is 29.9 Å². The van der Waals surface area contributed by atoms with Crippen LogP contribution in [-0.4, -0.2) is 17.1 Å². The Bertz CT molecular complexity index is 488. The number of carboxylic acids is 1. The molecule has 118 valence electrons. The van der Waals surface area contributed by atoms with Gasteiger partial charge in [0.2, 0.25) is 0 Å². The topological polar surface area (TPSA) is 63.3 Å². The van der Waals surface area contributed by atoms with Crippen molar-refractivity contribution in [2.24, 2.45) is 11.7 Å². The van der Waals surface area contributed by atoms with E-state index in [-0.39, 0.29) is 17.9 Å². The second kappa shape index (κ2) is 6.93. The van der Waals surface area contributed by atoms with Crippen molar-refractivity contribution in [3.63, 3.8) is 0 Å². The van der Waals surface area contributed by atoms with Gasteiger partial charge in [-0.3, -0.25) is 4.79 Å². The van der Waals surface area contributed by atoms with Gasteiger partial charge >= 0.3 is 12.1 Å². The summed E-state index contributed by atoms with van der Waals surface area (Å²) in [5.74, 6) is -1.78. The van der Waals surface area contributed by atoms with Crippen LogP contribution < -0.4 is 5.73 Å². The molecule has 3 nitrogen and oxygen atoms in total. The van der Waals surface area contributed by atoms with E-state index < -0.39 is 29.7 Å². The number of halogens is 3. The van der Waals surface area contributed by atoms with Crippen LogP contribution in [0.3, 0.4) is 0 Å².